The number of amides is 1. The van der Waals surface area contributed by atoms with Gasteiger partial charge in [0.15, 0.2) is 0 Å². The number of nitrogens with zero attached hydrogens (tertiary/aromatic N) is 3. The molecule has 0 N–H and O–H groups in total. The third-order valence-corrected chi connectivity index (χ3v) is 6.91. The van der Waals surface area contributed by atoms with Gasteiger partial charge in [0.1, 0.15) is 0 Å². The molecule has 4 aliphatic heterocycles. The van der Waals surface area contributed by atoms with Crippen LogP contribution in [0.15, 0.2) is 24.3 Å². The number of benzene rings is 1. The molecule has 1 atom stereocenters. The second-order valence-electron chi connectivity index (χ2n) is 8.07. The average molecular weight is 376 g/mol. The summed E-state index contributed by atoms with van der Waals surface area (Å²) in [6, 6.07) is 8.57. The van der Waals surface area contributed by atoms with Crippen LogP contribution in [0.5, 0.6) is 0 Å². The fourth-order valence-corrected chi connectivity index (χ4v) is 5.20. The van der Waals surface area contributed by atoms with E-state index in [1.54, 1.807) is 0 Å². The van der Waals surface area contributed by atoms with Crippen molar-refractivity contribution >= 4 is 17.5 Å². The van der Waals surface area contributed by atoms with Gasteiger partial charge in [0.25, 0.3) is 0 Å². The summed E-state index contributed by atoms with van der Waals surface area (Å²) in [5, 5.41) is 0.768. The summed E-state index contributed by atoms with van der Waals surface area (Å²) in [4.78, 5) is 20.1. The molecular formula is C21H30ClN3O. The zero-order valence-corrected chi connectivity index (χ0v) is 16.3. The van der Waals surface area contributed by atoms with E-state index < -0.39 is 0 Å². The van der Waals surface area contributed by atoms with Gasteiger partial charge in [0, 0.05) is 50.2 Å². The van der Waals surface area contributed by atoms with Crippen LogP contribution in [0.3, 0.4) is 0 Å². The Bertz CT molecular complexity index is 629. The van der Waals surface area contributed by atoms with Gasteiger partial charge in [-0.1, -0.05) is 29.8 Å². The Kier molecular flexibility index (Phi) is 5.82. The van der Waals surface area contributed by atoms with E-state index in [0.717, 1.165) is 61.6 Å². The van der Waals surface area contributed by atoms with E-state index in [1.165, 1.54) is 32.5 Å². The van der Waals surface area contributed by atoms with Gasteiger partial charge in [-0.2, -0.15) is 0 Å². The van der Waals surface area contributed by atoms with Crippen molar-refractivity contribution in [1.82, 2.24) is 14.7 Å². The van der Waals surface area contributed by atoms with Crippen LogP contribution in [0.4, 0.5) is 0 Å². The van der Waals surface area contributed by atoms with E-state index in [9.17, 15) is 4.79 Å². The minimum absolute atomic E-state index is 0.278. The van der Waals surface area contributed by atoms with Gasteiger partial charge in [-0.3, -0.25) is 9.69 Å². The highest BCUT2D eigenvalue weighted by Gasteiger charge is 2.37. The first kappa shape index (κ1) is 18.3. The van der Waals surface area contributed by atoms with Gasteiger partial charge in [0.2, 0.25) is 5.91 Å². The Balaban J connectivity index is 1.29. The molecule has 0 spiro atoms. The monoisotopic (exact) mass is 375 g/mol. The van der Waals surface area contributed by atoms with Gasteiger partial charge in [-0.05, 0) is 56.3 Å². The summed E-state index contributed by atoms with van der Waals surface area (Å²) in [5.41, 5.74) is 1.08. The van der Waals surface area contributed by atoms with Crippen LogP contribution >= 0.6 is 11.6 Å². The number of rotatable bonds is 4. The molecule has 1 amide bonds. The molecule has 4 nitrogen and oxygen atoms in total. The zero-order valence-electron chi connectivity index (χ0n) is 15.6. The van der Waals surface area contributed by atoms with Crippen LogP contribution in [0.25, 0.3) is 0 Å². The standard InChI is InChI=1S/C21H30ClN3O/c22-19-5-2-1-4-17(19)6-7-21(26)25-11-3-10-24(14-15-25)20-16-23-12-8-18(20)9-13-23/h1-2,4-5,18,20H,3,6-16H2. The van der Waals surface area contributed by atoms with Crippen molar-refractivity contribution < 1.29 is 4.79 Å². The minimum Gasteiger partial charge on any atom is -0.341 e. The summed E-state index contributed by atoms with van der Waals surface area (Å²) in [7, 11) is 0. The van der Waals surface area contributed by atoms with Crippen LogP contribution in [0.1, 0.15) is 31.2 Å². The van der Waals surface area contributed by atoms with Crippen molar-refractivity contribution in [2.75, 3.05) is 45.8 Å². The lowest BCUT2D eigenvalue weighted by Gasteiger charge is -2.49. The Morgan fingerprint density at radius 3 is 2.58 bits per heavy atom. The van der Waals surface area contributed by atoms with Gasteiger partial charge >= 0.3 is 0 Å². The van der Waals surface area contributed by atoms with E-state index >= 15 is 0 Å². The Hall–Kier alpha value is -1.10. The molecule has 0 aromatic heterocycles. The molecule has 26 heavy (non-hydrogen) atoms. The number of hydrogen-bond acceptors (Lipinski definition) is 3. The molecule has 4 saturated heterocycles. The van der Waals surface area contributed by atoms with Crippen molar-refractivity contribution in [3.8, 4) is 0 Å². The van der Waals surface area contributed by atoms with Gasteiger partial charge in [-0.15, -0.1) is 0 Å². The molecule has 0 aliphatic carbocycles. The molecular weight excluding hydrogens is 346 g/mol. The van der Waals surface area contributed by atoms with Gasteiger partial charge in [-0.25, -0.2) is 0 Å². The quantitative estimate of drug-likeness (QED) is 0.809. The summed E-state index contributed by atoms with van der Waals surface area (Å²) in [5.74, 6) is 1.16. The van der Waals surface area contributed by atoms with Crippen LogP contribution in [-0.2, 0) is 11.2 Å². The van der Waals surface area contributed by atoms with E-state index in [0.29, 0.717) is 6.42 Å². The third kappa shape index (κ3) is 4.08. The lowest BCUT2D eigenvalue weighted by molar-refractivity contribution is -0.131. The fourth-order valence-electron chi connectivity index (χ4n) is 4.97. The van der Waals surface area contributed by atoms with Crippen LogP contribution in [0.2, 0.25) is 5.02 Å². The normalized spacial score (nSPS) is 29.6. The highest BCUT2D eigenvalue weighted by molar-refractivity contribution is 6.31. The van der Waals surface area contributed by atoms with E-state index in [4.69, 9.17) is 11.6 Å². The molecule has 5 rings (SSSR count). The Morgan fingerprint density at radius 1 is 1.04 bits per heavy atom. The van der Waals surface area contributed by atoms with Gasteiger partial charge < -0.3 is 9.80 Å². The van der Waals surface area contributed by atoms with Crippen molar-refractivity contribution in [2.24, 2.45) is 5.92 Å². The van der Waals surface area contributed by atoms with Crippen LogP contribution < -0.4 is 0 Å². The first-order chi connectivity index (χ1) is 12.7. The molecule has 142 valence electrons. The zero-order chi connectivity index (χ0) is 17.9. The Labute approximate surface area is 162 Å². The second-order valence-corrected chi connectivity index (χ2v) is 8.47. The molecule has 4 aliphatic rings. The van der Waals surface area contributed by atoms with Crippen LogP contribution in [0, 0.1) is 5.92 Å². The number of hydrogen-bond donors (Lipinski definition) is 0. The summed E-state index contributed by atoms with van der Waals surface area (Å²) in [6.07, 6.45) is 5.12. The molecule has 0 radical (unpaired) electrons. The number of carbonyl (C=O) groups excluding carboxylic acids is 1. The van der Waals surface area contributed by atoms with E-state index in [1.807, 2.05) is 24.3 Å². The number of piperidine rings is 3. The molecule has 1 aromatic carbocycles. The number of fused-ring (bicyclic) bond motifs is 3. The molecule has 5 heteroatoms. The maximum Gasteiger partial charge on any atom is 0.222 e. The predicted molar refractivity (Wildman–Crippen MR) is 105 cm³/mol. The van der Waals surface area contributed by atoms with E-state index in [-0.39, 0.29) is 5.91 Å². The van der Waals surface area contributed by atoms with Crippen LogP contribution in [-0.4, -0.2) is 72.5 Å². The van der Waals surface area contributed by atoms with E-state index in [2.05, 4.69) is 14.7 Å². The maximum absolute atomic E-state index is 12.7. The summed E-state index contributed by atoms with van der Waals surface area (Å²) >= 11 is 6.22. The second kappa shape index (κ2) is 8.28. The summed E-state index contributed by atoms with van der Waals surface area (Å²) in [6.45, 7) is 7.79. The highest BCUT2D eigenvalue weighted by Crippen LogP contribution is 2.31. The molecule has 2 bridgehead atoms. The molecule has 4 fully saturated rings. The first-order valence-corrected chi connectivity index (χ1v) is 10.6. The number of aryl methyl sites for hydroxylation is 1. The summed E-state index contributed by atoms with van der Waals surface area (Å²) < 4.78 is 0. The maximum atomic E-state index is 12.7. The lowest BCUT2D eigenvalue weighted by atomic mass is 9.83. The average Bonchev–Trinajstić information content (AvgIpc) is 2.94. The van der Waals surface area contributed by atoms with Crippen molar-refractivity contribution in [2.45, 2.75) is 38.1 Å². The largest absolute Gasteiger partial charge is 0.341 e. The number of halogens is 1. The molecule has 0 saturated carbocycles. The Morgan fingerprint density at radius 2 is 1.85 bits per heavy atom. The number of carbonyl (C=O) groups is 1. The van der Waals surface area contributed by atoms with Gasteiger partial charge in [0.05, 0.1) is 0 Å². The predicted octanol–water partition coefficient (Wildman–Crippen LogP) is 2.90. The SMILES string of the molecule is O=C(CCc1ccccc1Cl)N1CCCN(C2CN3CCC2CC3)CC1. The molecule has 1 unspecified atom stereocenters. The lowest BCUT2D eigenvalue weighted by Crippen LogP contribution is -2.57. The van der Waals surface area contributed by atoms with Crippen molar-refractivity contribution in [3.05, 3.63) is 34.9 Å². The molecule has 1 aromatic rings. The molecule has 4 heterocycles. The first-order valence-electron chi connectivity index (χ1n) is 10.2. The van der Waals surface area contributed by atoms with Crippen molar-refractivity contribution in [1.29, 1.82) is 0 Å². The fraction of sp³-hybridized carbons (Fsp3) is 0.667. The topological polar surface area (TPSA) is 26.8 Å². The minimum atomic E-state index is 0.278. The smallest absolute Gasteiger partial charge is 0.222 e. The highest BCUT2D eigenvalue weighted by atomic mass is 35.5. The van der Waals surface area contributed by atoms with Crippen molar-refractivity contribution in [3.63, 3.8) is 0 Å². The third-order valence-electron chi connectivity index (χ3n) is 6.54.